The van der Waals surface area contributed by atoms with E-state index in [0.717, 1.165) is 13.1 Å². The highest BCUT2D eigenvalue weighted by molar-refractivity contribution is 8.00. The number of nitrogens with one attached hydrogen (secondary N) is 2. The Bertz CT molecular complexity index is 193. The molecule has 1 aliphatic rings. The maximum absolute atomic E-state index is 3.59. The van der Waals surface area contributed by atoms with Gasteiger partial charge in [-0.2, -0.15) is 11.8 Å². The molecular weight excluding hydrogens is 216 g/mol. The van der Waals surface area contributed by atoms with E-state index in [1.54, 1.807) is 0 Å². The molecule has 0 amide bonds. The number of rotatable bonds is 6. The lowest BCUT2D eigenvalue weighted by molar-refractivity contribution is 0.416. The van der Waals surface area contributed by atoms with Crippen LogP contribution in [0.15, 0.2) is 0 Å². The van der Waals surface area contributed by atoms with Gasteiger partial charge < -0.3 is 10.6 Å². The van der Waals surface area contributed by atoms with E-state index in [2.05, 4.69) is 50.1 Å². The smallest absolute Gasteiger partial charge is 0.0256 e. The summed E-state index contributed by atoms with van der Waals surface area (Å²) in [5.41, 5.74) is 0.257. The van der Waals surface area contributed by atoms with Gasteiger partial charge in [0.2, 0.25) is 0 Å². The molecule has 0 aromatic heterocycles. The van der Waals surface area contributed by atoms with Crippen molar-refractivity contribution in [3.05, 3.63) is 0 Å². The SMILES string of the molecule is CC(C)(C)NCCCNCC1(C)CCCS1. The molecule has 0 spiro atoms. The van der Waals surface area contributed by atoms with Crippen molar-refractivity contribution in [3.8, 4) is 0 Å². The number of hydrogen-bond donors (Lipinski definition) is 2. The normalized spacial score (nSPS) is 26.2. The zero-order valence-corrected chi connectivity index (χ0v) is 12.2. The molecule has 1 aliphatic heterocycles. The van der Waals surface area contributed by atoms with Crippen molar-refractivity contribution in [3.63, 3.8) is 0 Å². The molecule has 0 bridgehead atoms. The molecule has 0 aromatic rings. The molecule has 1 unspecified atom stereocenters. The maximum atomic E-state index is 3.59. The molecule has 0 radical (unpaired) electrons. The Morgan fingerprint density at radius 1 is 1.25 bits per heavy atom. The molecular formula is C13H28N2S. The zero-order valence-electron chi connectivity index (χ0n) is 11.4. The summed E-state index contributed by atoms with van der Waals surface area (Å²) >= 11 is 2.13. The van der Waals surface area contributed by atoms with Crippen molar-refractivity contribution in [2.75, 3.05) is 25.4 Å². The van der Waals surface area contributed by atoms with Crippen molar-refractivity contribution < 1.29 is 0 Å². The molecule has 1 heterocycles. The minimum Gasteiger partial charge on any atom is -0.315 e. The van der Waals surface area contributed by atoms with E-state index in [9.17, 15) is 0 Å². The van der Waals surface area contributed by atoms with Crippen LogP contribution in [0.3, 0.4) is 0 Å². The summed E-state index contributed by atoms with van der Waals surface area (Å²) in [4.78, 5) is 0. The van der Waals surface area contributed by atoms with Gasteiger partial charge in [0.1, 0.15) is 0 Å². The van der Waals surface area contributed by atoms with Crippen LogP contribution in [0.2, 0.25) is 0 Å². The molecule has 0 saturated carbocycles. The molecule has 3 heteroatoms. The molecule has 1 saturated heterocycles. The van der Waals surface area contributed by atoms with E-state index in [1.165, 1.54) is 31.6 Å². The first-order valence-corrected chi connectivity index (χ1v) is 7.50. The average Bonchev–Trinajstić information content (AvgIpc) is 2.57. The highest BCUT2D eigenvalue weighted by Gasteiger charge is 2.28. The first-order valence-electron chi connectivity index (χ1n) is 6.51. The van der Waals surface area contributed by atoms with Crippen LogP contribution in [0.4, 0.5) is 0 Å². The third kappa shape index (κ3) is 6.12. The molecule has 96 valence electrons. The summed E-state index contributed by atoms with van der Waals surface area (Å²) in [7, 11) is 0. The van der Waals surface area contributed by atoms with Crippen molar-refractivity contribution in [2.24, 2.45) is 0 Å². The van der Waals surface area contributed by atoms with Crippen LogP contribution >= 0.6 is 11.8 Å². The van der Waals surface area contributed by atoms with Gasteiger partial charge in [0, 0.05) is 16.8 Å². The van der Waals surface area contributed by atoms with E-state index < -0.39 is 0 Å². The largest absolute Gasteiger partial charge is 0.315 e. The lowest BCUT2D eigenvalue weighted by Crippen LogP contribution is -2.38. The summed E-state index contributed by atoms with van der Waals surface area (Å²) < 4.78 is 0.511. The van der Waals surface area contributed by atoms with Crippen LogP contribution in [0.1, 0.15) is 47.0 Å². The van der Waals surface area contributed by atoms with Crippen molar-refractivity contribution in [1.82, 2.24) is 10.6 Å². The summed E-state index contributed by atoms with van der Waals surface area (Å²) in [5.74, 6) is 1.35. The van der Waals surface area contributed by atoms with Gasteiger partial charge in [0.15, 0.2) is 0 Å². The molecule has 2 nitrogen and oxygen atoms in total. The predicted octanol–water partition coefficient (Wildman–Crippen LogP) is 2.64. The van der Waals surface area contributed by atoms with Gasteiger partial charge >= 0.3 is 0 Å². The van der Waals surface area contributed by atoms with Gasteiger partial charge in [-0.15, -0.1) is 0 Å². The molecule has 1 rings (SSSR count). The highest BCUT2D eigenvalue weighted by Crippen LogP contribution is 2.36. The summed E-state index contributed by atoms with van der Waals surface area (Å²) in [6.45, 7) is 12.5. The molecule has 2 N–H and O–H groups in total. The van der Waals surface area contributed by atoms with E-state index in [4.69, 9.17) is 0 Å². The highest BCUT2D eigenvalue weighted by atomic mass is 32.2. The quantitative estimate of drug-likeness (QED) is 0.703. The topological polar surface area (TPSA) is 24.1 Å². The summed E-state index contributed by atoms with van der Waals surface area (Å²) in [6, 6.07) is 0. The van der Waals surface area contributed by atoms with E-state index in [0.29, 0.717) is 4.75 Å². The lowest BCUT2D eigenvalue weighted by atomic mass is 10.1. The fourth-order valence-electron chi connectivity index (χ4n) is 2.01. The minimum absolute atomic E-state index is 0.257. The molecule has 1 fully saturated rings. The predicted molar refractivity (Wildman–Crippen MR) is 75.3 cm³/mol. The second-order valence-electron chi connectivity index (χ2n) is 6.11. The maximum Gasteiger partial charge on any atom is 0.0256 e. The van der Waals surface area contributed by atoms with E-state index in [1.807, 2.05) is 0 Å². The first-order chi connectivity index (χ1) is 7.41. The van der Waals surface area contributed by atoms with Crippen molar-refractivity contribution in [1.29, 1.82) is 0 Å². The third-order valence-corrected chi connectivity index (χ3v) is 4.52. The van der Waals surface area contributed by atoms with Gasteiger partial charge in [0.25, 0.3) is 0 Å². The van der Waals surface area contributed by atoms with Crippen LogP contribution in [0.5, 0.6) is 0 Å². The Balaban J connectivity index is 1.96. The Labute approximate surface area is 105 Å². The zero-order chi connectivity index (χ0) is 12.1. The van der Waals surface area contributed by atoms with Crippen LogP contribution in [-0.2, 0) is 0 Å². The third-order valence-electron chi connectivity index (χ3n) is 2.99. The second kappa shape index (κ2) is 6.27. The molecule has 1 atom stereocenters. The van der Waals surface area contributed by atoms with E-state index >= 15 is 0 Å². The second-order valence-corrected chi connectivity index (χ2v) is 7.79. The van der Waals surface area contributed by atoms with Gasteiger partial charge in [-0.3, -0.25) is 0 Å². The fraction of sp³-hybridized carbons (Fsp3) is 1.00. The summed E-state index contributed by atoms with van der Waals surface area (Å²) in [6.07, 6.45) is 4.00. The minimum atomic E-state index is 0.257. The van der Waals surface area contributed by atoms with Crippen molar-refractivity contribution in [2.45, 2.75) is 57.2 Å². The van der Waals surface area contributed by atoms with Gasteiger partial charge in [-0.25, -0.2) is 0 Å². The van der Waals surface area contributed by atoms with Crippen LogP contribution in [-0.4, -0.2) is 35.7 Å². The fourth-order valence-corrected chi connectivity index (χ4v) is 3.28. The Morgan fingerprint density at radius 3 is 2.56 bits per heavy atom. The molecule has 0 aromatic carbocycles. The summed E-state index contributed by atoms with van der Waals surface area (Å²) in [5, 5.41) is 7.11. The standard InChI is InChI=1S/C13H28N2S/c1-12(2,3)15-9-6-8-14-11-13(4)7-5-10-16-13/h14-15H,5-11H2,1-4H3. The van der Waals surface area contributed by atoms with Crippen LogP contribution in [0, 0.1) is 0 Å². The number of thioether (sulfide) groups is 1. The van der Waals surface area contributed by atoms with Crippen molar-refractivity contribution >= 4 is 11.8 Å². The van der Waals surface area contributed by atoms with Gasteiger partial charge in [-0.05, 0) is 65.8 Å². The van der Waals surface area contributed by atoms with Crippen LogP contribution < -0.4 is 10.6 Å². The lowest BCUT2D eigenvalue weighted by Gasteiger charge is -2.24. The van der Waals surface area contributed by atoms with Gasteiger partial charge in [0.05, 0.1) is 0 Å². The Kier molecular flexibility index (Phi) is 5.62. The van der Waals surface area contributed by atoms with Gasteiger partial charge in [-0.1, -0.05) is 0 Å². The first kappa shape index (κ1) is 14.3. The van der Waals surface area contributed by atoms with Crippen LogP contribution in [0.25, 0.3) is 0 Å². The number of hydrogen-bond acceptors (Lipinski definition) is 3. The Morgan fingerprint density at radius 2 is 2.00 bits per heavy atom. The van der Waals surface area contributed by atoms with E-state index in [-0.39, 0.29) is 5.54 Å². The monoisotopic (exact) mass is 244 g/mol. The molecule has 0 aliphatic carbocycles. The molecule has 16 heavy (non-hydrogen) atoms. The Hall–Kier alpha value is 0.270. The average molecular weight is 244 g/mol.